The summed E-state index contributed by atoms with van der Waals surface area (Å²) < 4.78 is 0. The number of carboxylic acids is 4. The van der Waals surface area contributed by atoms with Gasteiger partial charge < -0.3 is 45.2 Å². The van der Waals surface area contributed by atoms with E-state index in [1.165, 1.54) is 24.3 Å². The molecule has 14 rings (SSSR count). The Balaban J connectivity index is 0.000000150. The first kappa shape index (κ1) is 62.7. The van der Waals surface area contributed by atoms with Crippen molar-refractivity contribution in [1.29, 1.82) is 0 Å². The SMILES string of the molecule is O=C(O)c1cc(-c2cc(C(=O)O)c3ccccc3n2)nc2ccccc12.O=C([O-])c1cc(-c2cc(C(=O)O)c3ccccc3n2)nc2ccccc12.[Ru+].[Ru+].c1c[n-]c(-c2ncc[n-]2)n1.c1ccc(-c2ccccn2)nc1.c1ccc(-c2ccccn2)nc1. The number of para-hydroxylation sites is 4. The van der Waals surface area contributed by atoms with E-state index < -0.39 is 23.9 Å². The first-order valence-corrected chi connectivity index (χ1v) is 26.0. The number of nitrogens with zero attached hydrogens (tertiary/aromatic N) is 12. The minimum absolute atomic E-state index is 0. The molecule has 10 aromatic heterocycles. The van der Waals surface area contributed by atoms with Crippen molar-refractivity contribution >= 4 is 67.5 Å². The van der Waals surface area contributed by atoms with Gasteiger partial charge in [0, 0.05) is 51.9 Å². The molecule has 0 aliphatic heterocycles. The Morgan fingerprint density at radius 3 is 0.784 bits per heavy atom. The number of aromatic carboxylic acids is 4. The number of rotatable bonds is 9. The molecule has 10 heterocycles. The van der Waals surface area contributed by atoms with Gasteiger partial charge in [0.2, 0.25) is 0 Å². The zero-order valence-electron chi connectivity index (χ0n) is 45.6. The van der Waals surface area contributed by atoms with Crippen molar-refractivity contribution in [3.8, 4) is 57.2 Å². The van der Waals surface area contributed by atoms with E-state index in [0.717, 1.165) is 22.8 Å². The molecule has 20 nitrogen and oxygen atoms in total. The van der Waals surface area contributed by atoms with E-state index in [4.69, 9.17) is 0 Å². The maximum atomic E-state index is 11.6. The monoisotopic (exact) mass is 1340 g/mol. The number of imidazole rings is 2. The topological polar surface area (TPSA) is 309 Å². The van der Waals surface area contributed by atoms with Crippen LogP contribution in [0.2, 0.25) is 0 Å². The molecule has 0 amide bonds. The summed E-state index contributed by atoms with van der Waals surface area (Å²) in [6.07, 6.45) is 13.5. The molecular weight excluding hydrogens is 1290 g/mol. The summed E-state index contributed by atoms with van der Waals surface area (Å²) in [5.74, 6) is -3.40. The molecule has 4 aromatic carbocycles. The van der Waals surface area contributed by atoms with Gasteiger partial charge in [-0.2, -0.15) is 0 Å². The maximum absolute atomic E-state index is 11.6. The fourth-order valence-electron chi connectivity index (χ4n) is 8.70. The van der Waals surface area contributed by atoms with Crippen LogP contribution in [-0.4, -0.2) is 89.0 Å². The third-order valence-electron chi connectivity index (χ3n) is 12.6. The number of aromatic nitrogens is 12. The largest absolute Gasteiger partial charge is 1.00 e. The number of benzene rings is 4. The molecule has 0 unspecified atom stereocenters. The Labute approximate surface area is 525 Å². The molecule has 2 radical (unpaired) electrons. The van der Waals surface area contributed by atoms with Crippen molar-refractivity contribution in [3.63, 3.8) is 0 Å². The van der Waals surface area contributed by atoms with Crippen LogP contribution in [0.15, 0.2) is 244 Å². The van der Waals surface area contributed by atoms with Gasteiger partial charge in [-0.1, -0.05) is 133 Å². The van der Waals surface area contributed by atoms with Gasteiger partial charge in [0.05, 0.1) is 90.3 Å². The zero-order valence-corrected chi connectivity index (χ0v) is 49.0. The molecule has 0 atom stereocenters. The summed E-state index contributed by atoms with van der Waals surface area (Å²) in [5.41, 5.74) is 7.08. The van der Waals surface area contributed by atoms with E-state index >= 15 is 0 Å². The van der Waals surface area contributed by atoms with Gasteiger partial charge in [-0.25, -0.2) is 34.3 Å². The molecule has 0 fully saturated rings. The molecule has 432 valence electrons. The van der Waals surface area contributed by atoms with Crippen molar-refractivity contribution in [2.24, 2.45) is 0 Å². The normalized spacial score (nSPS) is 10.2. The van der Waals surface area contributed by atoms with Crippen molar-refractivity contribution in [1.82, 2.24) is 59.8 Å². The van der Waals surface area contributed by atoms with Crippen LogP contribution in [0.4, 0.5) is 0 Å². The zero-order chi connectivity index (χ0) is 59.8. The average Bonchev–Trinajstić information content (AvgIpc) is 3.83. The second-order valence-corrected chi connectivity index (χ2v) is 18.1. The minimum Gasteiger partial charge on any atom is -0.545 e. The van der Waals surface area contributed by atoms with E-state index in [2.05, 4.69) is 59.8 Å². The van der Waals surface area contributed by atoms with Gasteiger partial charge in [0.1, 0.15) is 0 Å². The van der Waals surface area contributed by atoms with Gasteiger partial charge in [-0.15, -0.1) is 0 Å². The summed E-state index contributed by atoms with van der Waals surface area (Å²) in [6, 6.07) is 56.3. The first-order chi connectivity index (χ1) is 42.0. The minimum atomic E-state index is -1.33. The predicted molar refractivity (Wildman–Crippen MR) is 319 cm³/mol. The molecule has 0 aliphatic rings. The molecule has 0 saturated carbocycles. The Hall–Kier alpha value is -11.3. The summed E-state index contributed by atoms with van der Waals surface area (Å²) in [7, 11) is 0. The third-order valence-corrected chi connectivity index (χ3v) is 12.6. The quantitative estimate of drug-likeness (QED) is 0.113. The number of carbonyl (C=O) groups is 4. The number of pyridine rings is 8. The van der Waals surface area contributed by atoms with Crippen LogP contribution < -0.4 is 15.1 Å². The fourth-order valence-corrected chi connectivity index (χ4v) is 8.70. The molecule has 0 aliphatic carbocycles. The molecule has 22 heteroatoms. The summed E-state index contributed by atoms with van der Waals surface area (Å²) in [6.45, 7) is 0. The molecule has 88 heavy (non-hydrogen) atoms. The Kier molecular flexibility index (Phi) is 21.3. The van der Waals surface area contributed by atoms with Crippen molar-refractivity contribution in [2.75, 3.05) is 0 Å². The molecule has 3 N–H and O–H groups in total. The van der Waals surface area contributed by atoms with Gasteiger partial charge in [0.15, 0.2) is 0 Å². The van der Waals surface area contributed by atoms with Crippen LogP contribution in [0.5, 0.6) is 0 Å². The summed E-state index contributed by atoms with van der Waals surface area (Å²) >= 11 is 0. The van der Waals surface area contributed by atoms with Crippen molar-refractivity contribution in [2.45, 2.75) is 0 Å². The van der Waals surface area contributed by atoms with Crippen LogP contribution in [-0.2, 0) is 39.0 Å². The van der Waals surface area contributed by atoms with E-state index in [1.807, 2.05) is 72.8 Å². The van der Waals surface area contributed by atoms with Crippen LogP contribution in [0.25, 0.3) is 101 Å². The average molecular weight is 1330 g/mol. The van der Waals surface area contributed by atoms with Crippen LogP contribution in [0, 0.1) is 0 Å². The molecular formula is C66H43N12O8Ru2-. The van der Waals surface area contributed by atoms with Gasteiger partial charge in [-0.05, 0) is 97.1 Å². The smallest absolute Gasteiger partial charge is 0.545 e. The second kappa shape index (κ2) is 30.0. The van der Waals surface area contributed by atoms with Gasteiger partial charge in [-0.3, -0.25) is 19.9 Å². The maximum Gasteiger partial charge on any atom is 1.00 e. The molecule has 0 spiro atoms. The summed E-state index contributed by atoms with van der Waals surface area (Å²) in [4.78, 5) is 96.7. The Morgan fingerprint density at radius 2 is 0.557 bits per heavy atom. The number of carboxylic acid groups (broad SMARTS) is 4. The second-order valence-electron chi connectivity index (χ2n) is 18.1. The van der Waals surface area contributed by atoms with Crippen LogP contribution >= 0.6 is 0 Å². The number of hydrogen-bond donors (Lipinski definition) is 3. The number of carbonyl (C=O) groups excluding carboxylic acids is 1. The van der Waals surface area contributed by atoms with Crippen LogP contribution in [0.1, 0.15) is 41.4 Å². The van der Waals surface area contributed by atoms with E-state index in [1.54, 1.807) is 147 Å². The predicted octanol–water partition coefficient (Wildman–Crippen LogP) is 10.7. The fraction of sp³-hybridized carbons (Fsp3) is 0. The molecule has 0 saturated heterocycles. The van der Waals surface area contributed by atoms with Crippen molar-refractivity contribution < 1.29 is 78.6 Å². The Bertz CT molecular complexity index is 4110. The number of hydrogen-bond acceptors (Lipinski definition) is 15. The summed E-state index contributed by atoms with van der Waals surface area (Å²) in [5, 5.41) is 42.1. The molecule has 0 bridgehead atoms. The van der Waals surface area contributed by atoms with Crippen molar-refractivity contribution in [3.05, 3.63) is 266 Å². The molecule has 14 aromatic rings. The van der Waals surface area contributed by atoms with E-state index in [9.17, 15) is 39.6 Å². The number of fused-ring (bicyclic) bond motifs is 4. The standard InChI is InChI=1S/2C20H12N2O4.2C10H8N2.C6H4N4.2Ru/c2*23-19(24)13-9-17(21-15-7-3-1-5-11(13)15)18-10-14(20(25)26)12-6-2-4-8-16(12)22-18;2*1-3-7-11-9(5-1)10-6-2-4-8-12-10;1-2-8-5(7-1)6-9-3-4-10-6;;/h2*1-10H,(H,23,24)(H,25,26);2*1-8H;1-4H;;/q;;;;-2;2*+1/p-1. The first-order valence-electron chi connectivity index (χ1n) is 26.0. The van der Waals surface area contributed by atoms with E-state index in [0.29, 0.717) is 66.6 Å². The van der Waals surface area contributed by atoms with E-state index in [-0.39, 0.29) is 72.6 Å². The Morgan fingerprint density at radius 1 is 0.307 bits per heavy atom. The van der Waals surface area contributed by atoms with Crippen LogP contribution in [0.3, 0.4) is 0 Å². The third kappa shape index (κ3) is 15.3. The van der Waals surface area contributed by atoms with Gasteiger partial charge >= 0.3 is 56.9 Å². The van der Waals surface area contributed by atoms with Gasteiger partial charge in [0.25, 0.3) is 0 Å².